The van der Waals surface area contributed by atoms with Gasteiger partial charge in [-0.1, -0.05) is 5.43 Å². The molecule has 0 spiro atoms. The van der Waals surface area contributed by atoms with E-state index in [2.05, 4.69) is 20.9 Å². The molecule has 13 heteroatoms. The fourth-order valence-corrected chi connectivity index (χ4v) is 2.21. The van der Waals surface area contributed by atoms with E-state index in [1.54, 1.807) is 47.0 Å². The Morgan fingerprint density at radius 1 is 1.06 bits per heavy atom. The van der Waals surface area contributed by atoms with Crippen LogP contribution in [-0.4, -0.2) is 66.6 Å². The van der Waals surface area contributed by atoms with Crippen molar-refractivity contribution in [1.82, 2.24) is 21.4 Å². The first kappa shape index (κ1) is 28.2. The number of carbonyl (C=O) groups excluding carboxylic acids is 2. The highest BCUT2D eigenvalue weighted by atomic mass is 16.7. The maximum absolute atomic E-state index is 12.1. The number of rotatable bonds is 11. The van der Waals surface area contributed by atoms with E-state index >= 15 is 0 Å². The molecule has 31 heavy (non-hydrogen) atoms. The number of ether oxygens (including phenoxy) is 2. The lowest BCUT2D eigenvalue weighted by atomic mass is 10.1. The van der Waals surface area contributed by atoms with Gasteiger partial charge in [-0.25, -0.2) is 24.7 Å². The molecule has 0 aliphatic carbocycles. The smallest absolute Gasteiger partial charge is 0.407 e. The van der Waals surface area contributed by atoms with Gasteiger partial charge in [0.25, 0.3) is 5.96 Å². The average molecular weight is 448 g/mol. The van der Waals surface area contributed by atoms with Crippen molar-refractivity contribution in [3.63, 3.8) is 0 Å². The van der Waals surface area contributed by atoms with Crippen LogP contribution in [-0.2, 0) is 9.47 Å². The molecule has 0 radical (unpaired) electrons. The van der Waals surface area contributed by atoms with Crippen LogP contribution in [0.2, 0.25) is 0 Å². The molecule has 0 saturated heterocycles. The summed E-state index contributed by atoms with van der Waals surface area (Å²) in [5.41, 5.74) is 5.93. The van der Waals surface area contributed by atoms with Crippen LogP contribution >= 0.6 is 0 Å². The SMILES string of the molecule is CC(C)(C)OC(=O)NCCNC[C@H](CCCN=C(N)N[N+](=O)[O-])NC(=O)OC(C)(C)C. The third-order valence-corrected chi connectivity index (χ3v) is 3.28. The van der Waals surface area contributed by atoms with Crippen LogP contribution in [0.4, 0.5) is 9.59 Å². The number of nitro groups is 1. The molecule has 0 aliphatic rings. The van der Waals surface area contributed by atoms with E-state index in [4.69, 9.17) is 15.2 Å². The van der Waals surface area contributed by atoms with Gasteiger partial charge in [-0.05, 0) is 54.4 Å². The van der Waals surface area contributed by atoms with E-state index in [0.717, 1.165) is 0 Å². The average Bonchev–Trinajstić information content (AvgIpc) is 2.54. The van der Waals surface area contributed by atoms with E-state index in [1.807, 2.05) is 0 Å². The Bertz CT molecular complexity index is 614. The summed E-state index contributed by atoms with van der Waals surface area (Å²) in [4.78, 5) is 37.8. The number of amides is 2. The van der Waals surface area contributed by atoms with Gasteiger partial charge in [0.1, 0.15) is 11.2 Å². The van der Waals surface area contributed by atoms with Gasteiger partial charge in [0.2, 0.25) is 0 Å². The van der Waals surface area contributed by atoms with Gasteiger partial charge in [-0.2, -0.15) is 0 Å². The number of guanidine groups is 1. The van der Waals surface area contributed by atoms with Gasteiger partial charge in [-0.15, -0.1) is 0 Å². The Balaban J connectivity index is 4.49. The Morgan fingerprint density at radius 2 is 1.65 bits per heavy atom. The van der Waals surface area contributed by atoms with Crippen molar-refractivity contribution < 1.29 is 24.1 Å². The van der Waals surface area contributed by atoms with Crippen molar-refractivity contribution in [2.75, 3.05) is 26.2 Å². The molecule has 0 bridgehead atoms. The van der Waals surface area contributed by atoms with E-state index in [1.165, 1.54) is 0 Å². The van der Waals surface area contributed by atoms with Crippen molar-refractivity contribution >= 4 is 18.1 Å². The van der Waals surface area contributed by atoms with Crippen molar-refractivity contribution in [3.8, 4) is 0 Å². The Morgan fingerprint density at radius 3 is 2.19 bits per heavy atom. The molecule has 1 atom stereocenters. The van der Waals surface area contributed by atoms with Crippen molar-refractivity contribution in [2.24, 2.45) is 10.7 Å². The maximum atomic E-state index is 12.1. The monoisotopic (exact) mass is 447 g/mol. The number of aliphatic imine (C=N–C) groups is 1. The maximum Gasteiger partial charge on any atom is 0.407 e. The normalized spacial score (nSPS) is 13.2. The van der Waals surface area contributed by atoms with Gasteiger partial charge < -0.3 is 31.2 Å². The predicted octanol–water partition coefficient (Wildman–Crippen LogP) is 0.870. The number of nitrogens with two attached hydrogens (primary N) is 1. The van der Waals surface area contributed by atoms with E-state index in [9.17, 15) is 19.7 Å². The number of carbonyl (C=O) groups is 2. The molecule has 0 fully saturated rings. The molecular weight excluding hydrogens is 410 g/mol. The topological polar surface area (TPSA) is 182 Å². The van der Waals surface area contributed by atoms with Crippen LogP contribution in [0.1, 0.15) is 54.4 Å². The highest BCUT2D eigenvalue weighted by Gasteiger charge is 2.19. The second-order valence-corrected chi connectivity index (χ2v) is 8.75. The number of hydrogen-bond donors (Lipinski definition) is 5. The zero-order chi connectivity index (χ0) is 24.1. The second kappa shape index (κ2) is 13.5. The third kappa shape index (κ3) is 18.9. The van der Waals surface area contributed by atoms with Crippen LogP contribution in [0, 0.1) is 10.1 Å². The zero-order valence-electron chi connectivity index (χ0n) is 19.2. The lowest BCUT2D eigenvalue weighted by molar-refractivity contribution is -0.525. The van der Waals surface area contributed by atoms with Crippen LogP contribution in [0.3, 0.4) is 0 Å². The van der Waals surface area contributed by atoms with Crippen molar-refractivity contribution in [1.29, 1.82) is 0 Å². The molecule has 6 N–H and O–H groups in total. The van der Waals surface area contributed by atoms with Gasteiger partial charge >= 0.3 is 12.2 Å². The highest BCUT2D eigenvalue weighted by Crippen LogP contribution is 2.08. The van der Waals surface area contributed by atoms with Gasteiger partial charge in [-0.3, -0.25) is 0 Å². The number of alkyl carbamates (subject to hydrolysis) is 2. The number of nitrogens with one attached hydrogen (secondary N) is 4. The molecule has 0 unspecified atom stereocenters. The van der Waals surface area contributed by atoms with Crippen molar-refractivity contribution in [2.45, 2.75) is 71.6 Å². The summed E-state index contributed by atoms with van der Waals surface area (Å²) in [7, 11) is 0. The van der Waals surface area contributed by atoms with Crippen molar-refractivity contribution in [3.05, 3.63) is 10.1 Å². The predicted molar refractivity (Wildman–Crippen MR) is 116 cm³/mol. The van der Waals surface area contributed by atoms with Crippen LogP contribution in [0.25, 0.3) is 0 Å². The number of hydrazine groups is 1. The molecule has 0 rings (SSSR count). The molecule has 0 saturated carbocycles. The summed E-state index contributed by atoms with van der Waals surface area (Å²) in [6.45, 7) is 12.1. The first-order valence-corrected chi connectivity index (χ1v) is 10.1. The van der Waals surface area contributed by atoms with E-state index < -0.39 is 28.4 Å². The molecular formula is C18H37N7O6. The third-order valence-electron chi connectivity index (χ3n) is 3.28. The van der Waals surface area contributed by atoms with Gasteiger partial charge in [0.05, 0.1) is 0 Å². The fourth-order valence-electron chi connectivity index (χ4n) is 2.21. The lowest BCUT2D eigenvalue weighted by Crippen LogP contribution is -2.45. The molecule has 2 amide bonds. The number of nitrogens with zero attached hydrogens (tertiary/aromatic N) is 2. The van der Waals surface area contributed by atoms with Crippen LogP contribution < -0.4 is 27.1 Å². The van der Waals surface area contributed by atoms with Crippen LogP contribution in [0.5, 0.6) is 0 Å². The first-order valence-electron chi connectivity index (χ1n) is 10.1. The minimum Gasteiger partial charge on any atom is -0.444 e. The minimum absolute atomic E-state index is 0.249. The molecule has 0 aromatic carbocycles. The second-order valence-electron chi connectivity index (χ2n) is 8.75. The largest absolute Gasteiger partial charge is 0.444 e. The molecule has 0 aliphatic heterocycles. The standard InChI is InChI=1S/C18H37N7O6/c1-17(2,3)30-15(26)22-11-10-20-12-13(23-16(27)31-18(4,5)6)8-7-9-21-14(19)24-25(28)29/h13,20H,7-12H2,1-6H3,(H,22,26)(H,23,27)(H3,19,21,24)/t13-/m0/s1. The Kier molecular flexibility index (Phi) is 12.2. The summed E-state index contributed by atoms with van der Waals surface area (Å²) < 4.78 is 10.4. The van der Waals surface area contributed by atoms with Gasteiger partial charge in [0.15, 0.2) is 5.03 Å². The summed E-state index contributed by atoms with van der Waals surface area (Å²) in [6, 6.07) is -0.281. The molecule has 13 nitrogen and oxygen atoms in total. The summed E-state index contributed by atoms with van der Waals surface area (Å²) in [6.07, 6.45) is 0.0000573. The van der Waals surface area contributed by atoms with Gasteiger partial charge in [0, 0.05) is 32.2 Å². The molecule has 0 heterocycles. The highest BCUT2D eigenvalue weighted by molar-refractivity contribution is 5.76. The summed E-state index contributed by atoms with van der Waals surface area (Å²) in [5, 5.41) is 18.1. The Hall–Kier alpha value is -2.83. The Labute approximate surface area is 183 Å². The molecule has 0 aromatic heterocycles. The molecule has 180 valence electrons. The van der Waals surface area contributed by atoms with Crippen LogP contribution in [0.15, 0.2) is 4.99 Å². The van der Waals surface area contributed by atoms with E-state index in [0.29, 0.717) is 32.5 Å². The minimum atomic E-state index is -0.791. The quantitative estimate of drug-likeness (QED) is 0.101. The lowest BCUT2D eigenvalue weighted by Gasteiger charge is -2.24. The summed E-state index contributed by atoms with van der Waals surface area (Å²) >= 11 is 0. The zero-order valence-corrected chi connectivity index (χ0v) is 19.2. The summed E-state index contributed by atoms with van der Waals surface area (Å²) in [5.74, 6) is -0.284. The molecule has 0 aromatic rings. The number of hydrogen-bond acceptors (Lipinski definition) is 8. The first-order chi connectivity index (χ1) is 14.2. The fraction of sp³-hybridized carbons (Fsp3) is 0.833. The van der Waals surface area contributed by atoms with E-state index in [-0.39, 0.29) is 18.5 Å².